The molecular weight excluding hydrogens is 160 g/mol. The first-order chi connectivity index (χ1) is 6.26. The monoisotopic (exact) mass is 184 g/mol. The molecule has 1 atom stereocenters. The Kier molecular flexibility index (Phi) is 8.07. The van der Waals surface area contributed by atoms with Gasteiger partial charge in [0, 0.05) is 12.3 Å². The highest BCUT2D eigenvalue weighted by atomic mass is 16.1. The average molecular weight is 184 g/mol. The van der Waals surface area contributed by atoms with E-state index in [1.165, 1.54) is 19.3 Å². The molecule has 0 aliphatic heterocycles. The lowest BCUT2D eigenvalue weighted by atomic mass is 9.92. The molecule has 0 N–H and O–H groups in total. The van der Waals surface area contributed by atoms with Gasteiger partial charge in [0.1, 0.15) is 5.78 Å². The third-order valence-electron chi connectivity index (χ3n) is 2.60. The maximum absolute atomic E-state index is 11.6. The Labute approximate surface area is 82.9 Å². The summed E-state index contributed by atoms with van der Waals surface area (Å²) >= 11 is 0. The number of hydrogen-bond donors (Lipinski definition) is 0. The molecule has 1 heteroatoms. The number of ketones is 1. The number of Topliss-reactive ketones (excluding diaryl/α,β-unsaturated/α-hetero) is 1. The molecule has 0 bridgehead atoms. The molecule has 0 aliphatic carbocycles. The van der Waals surface area contributed by atoms with Gasteiger partial charge in [-0.3, -0.25) is 4.79 Å². The van der Waals surface area contributed by atoms with Crippen LogP contribution < -0.4 is 0 Å². The van der Waals surface area contributed by atoms with Gasteiger partial charge in [-0.25, -0.2) is 0 Å². The summed E-state index contributed by atoms with van der Waals surface area (Å²) in [7, 11) is 0. The summed E-state index contributed by atoms with van der Waals surface area (Å²) in [6.45, 7) is 6.41. The van der Waals surface area contributed by atoms with Crippen LogP contribution >= 0.6 is 0 Å². The zero-order chi connectivity index (χ0) is 10.1. The minimum absolute atomic E-state index is 0.353. The van der Waals surface area contributed by atoms with Crippen molar-refractivity contribution >= 4 is 5.78 Å². The van der Waals surface area contributed by atoms with Crippen molar-refractivity contribution in [1.29, 1.82) is 0 Å². The Morgan fingerprint density at radius 3 is 2.23 bits per heavy atom. The maximum atomic E-state index is 11.6. The van der Waals surface area contributed by atoms with Crippen molar-refractivity contribution < 1.29 is 4.79 Å². The predicted octanol–water partition coefficient (Wildman–Crippen LogP) is 3.96. The molecule has 0 saturated heterocycles. The first kappa shape index (κ1) is 12.7. The van der Waals surface area contributed by atoms with Gasteiger partial charge in [-0.2, -0.15) is 0 Å². The van der Waals surface area contributed by atoms with Crippen LogP contribution in [0.15, 0.2) is 0 Å². The van der Waals surface area contributed by atoms with Crippen molar-refractivity contribution in [3.8, 4) is 0 Å². The number of carbonyl (C=O) groups is 1. The maximum Gasteiger partial charge on any atom is 0.135 e. The molecule has 0 radical (unpaired) electrons. The number of carbonyl (C=O) groups excluding carboxylic acids is 1. The fraction of sp³-hybridized carbons (Fsp3) is 0.917. The normalized spacial score (nSPS) is 12.8. The highest BCUT2D eigenvalue weighted by molar-refractivity contribution is 5.80. The molecule has 0 aromatic rings. The lowest BCUT2D eigenvalue weighted by Gasteiger charge is -2.12. The third kappa shape index (κ3) is 5.84. The summed E-state index contributed by atoms with van der Waals surface area (Å²) < 4.78 is 0. The Hall–Kier alpha value is -0.330. The highest BCUT2D eigenvalue weighted by Gasteiger charge is 2.14. The van der Waals surface area contributed by atoms with Gasteiger partial charge in [-0.15, -0.1) is 0 Å². The van der Waals surface area contributed by atoms with Crippen LogP contribution in [-0.4, -0.2) is 5.78 Å². The van der Waals surface area contributed by atoms with Gasteiger partial charge in [-0.05, 0) is 19.3 Å². The lowest BCUT2D eigenvalue weighted by Crippen LogP contribution is -2.13. The van der Waals surface area contributed by atoms with E-state index in [1.807, 2.05) is 0 Å². The largest absolute Gasteiger partial charge is 0.299 e. The minimum Gasteiger partial charge on any atom is -0.299 e. The van der Waals surface area contributed by atoms with Gasteiger partial charge in [-0.1, -0.05) is 40.0 Å². The quantitative estimate of drug-likeness (QED) is 0.522. The molecule has 0 rings (SSSR count). The molecule has 0 spiro atoms. The topological polar surface area (TPSA) is 17.1 Å². The minimum atomic E-state index is 0.353. The van der Waals surface area contributed by atoms with Crippen molar-refractivity contribution in [3.05, 3.63) is 0 Å². The SMILES string of the molecule is CCCCC[C@H](CC)C(=O)CCC. The zero-order valence-electron chi connectivity index (χ0n) is 9.44. The Morgan fingerprint density at radius 2 is 1.77 bits per heavy atom. The van der Waals surface area contributed by atoms with Crippen molar-refractivity contribution in [3.63, 3.8) is 0 Å². The van der Waals surface area contributed by atoms with Crippen LogP contribution in [0.5, 0.6) is 0 Å². The standard InChI is InChI=1S/C12H24O/c1-4-7-8-10-11(6-3)12(13)9-5-2/h11H,4-10H2,1-3H3/t11-/m0/s1. The molecule has 13 heavy (non-hydrogen) atoms. The van der Waals surface area contributed by atoms with Crippen LogP contribution in [0, 0.1) is 5.92 Å². The van der Waals surface area contributed by atoms with Crippen LogP contribution in [0.4, 0.5) is 0 Å². The zero-order valence-corrected chi connectivity index (χ0v) is 9.44. The molecule has 0 heterocycles. The van der Waals surface area contributed by atoms with E-state index >= 15 is 0 Å². The van der Waals surface area contributed by atoms with E-state index in [1.54, 1.807) is 0 Å². The van der Waals surface area contributed by atoms with Gasteiger partial charge in [0.25, 0.3) is 0 Å². The Morgan fingerprint density at radius 1 is 1.08 bits per heavy atom. The third-order valence-corrected chi connectivity index (χ3v) is 2.60. The van der Waals surface area contributed by atoms with E-state index in [2.05, 4.69) is 20.8 Å². The van der Waals surface area contributed by atoms with Crippen molar-refractivity contribution in [2.75, 3.05) is 0 Å². The summed E-state index contributed by atoms with van der Waals surface area (Å²) in [6.07, 6.45) is 7.68. The second kappa shape index (κ2) is 8.28. The molecule has 0 amide bonds. The number of hydrogen-bond acceptors (Lipinski definition) is 1. The number of unbranched alkanes of at least 4 members (excludes halogenated alkanes) is 2. The highest BCUT2D eigenvalue weighted by Crippen LogP contribution is 2.16. The molecule has 0 saturated carbocycles. The van der Waals surface area contributed by atoms with Gasteiger partial charge >= 0.3 is 0 Å². The van der Waals surface area contributed by atoms with E-state index < -0.39 is 0 Å². The van der Waals surface area contributed by atoms with Crippen molar-refractivity contribution in [1.82, 2.24) is 0 Å². The predicted molar refractivity (Wildman–Crippen MR) is 57.8 cm³/mol. The van der Waals surface area contributed by atoms with Gasteiger partial charge < -0.3 is 0 Å². The van der Waals surface area contributed by atoms with Gasteiger partial charge in [0.2, 0.25) is 0 Å². The molecule has 0 aliphatic rings. The Balaban J connectivity index is 3.67. The summed E-state index contributed by atoms with van der Waals surface area (Å²) in [5, 5.41) is 0. The van der Waals surface area contributed by atoms with E-state index in [-0.39, 0.29) is 0 Å². The van der Waals surface area contributed by atoms with Crippen LogP contribution in [0.2, 0.25) is 0 Å². The molecular formula is C12H24O. The fourth-order valence-corrected chi connectivity index (χ4v) is 1.68. The average Bonchev–Trinajstić information content (AvgIpc) is 2.13. The smallest absolute Gasteiger partial charge is 0.135 e. The molecule has 1 nitrogen and oxygen atoms in total. The van der Waals surface area contributed by atoms with E-state index in [0.717, 1.165) is 25.7 Å². The second-order valence-corrected chi connectivity index (χ2v) is 3.82. The van der Waals surface area contributed by atoms with E-state index in [0.29, 0.717) is 11.7 Å². The summed E-state index contributed by atoms with van der Waals surface area (Å²) in [5.41, 5.74) is 0. The first-order valence-electron chi connectivity index (χ1n) is 5.78. The molecule has 78 valence electrons. The Bertz CT molecular complexity index is 129. The second-order valence-electron chi connectivity index (χ2n) is 3.82. The summed E-state index contributed by atoms with van der Waals surface area (Å²) in [4.78, 5) is 11.6. The molecule has 0 unspecified atom stereocenters. The first-order valence-corrected chi connectivity index (χ1v) is 5.78. The van der Waals surface area contributed by atoms with Crippen LogP contribution in [0.3, 0.4) is 0 Å². The van der Waals surface area contributed by atoms with Crippen LogP contribution in [0.1, 0.15) is 65.7 Å². The summed E-state index contributed by atoms with van der Waals surface area (Å²) in [6, 6.07) is 0. The van der Waals surface area contributed by atoms with Crippen LogP contribution in [-0.2, 0) is 4.79 Å². The van der Waals surface area contributed by atoms with Crippen molar-refractivity contribution in [2.24, 2.45) is 5.92 Å². The fourth-order valence-electron chi connectivity index (χ4n) is 1.68. The van der Waals surface area contributed by atoms with Gasteiger partial charge in [0.05, 0.1) is 0 Å². The lowest BCUT2D eigenvalue weighted by molar-refractivity contribution is -0.123. The van der Waals surface area contributed by atoms with E-state index in [9.17, 15) is 4.79 Å². The number of rotatable bonds is 8. The summed E-state index contributed by atoms with van der Waals surface area (Å²) in [5.74, 6) is 0.840. The molecule has 0 aromatic carbocycles. The van der Waals surface area contributed by atoms with E-state index in [4.69, 9.17) is 0 Å². The van der Waals surface area contributed by atoms with Gasteiger partial charge in [0.15, 0.2) is 0 Å². The van der Waals surface area contributed by atoms with Crippen LogP contribution in [0.25, 0.3) is 0 Å². The molecule has 0 fully saturated rings. The molecule has 0 aromatic heterocycles. The van der Waals surface area contributed by atoms with Crippen molar-refractivity contribution in [2.45, 2.75) is 65.7 Å².